The van der Waals surface area contributed by atoms with Crippen molar-refractivity contribution < 1.29 is 23.0 Å². The molecule has 1 aromatic rings. The average molecular weight is 300 g/mol. The molecule has 0 aromatic heterocycles. The number of benzene rings is 1. The number of amides is 1. The van der Waals surface area contributed by atoms with E-state index in [-0.39, 0.29) is 23.3 Å². The molecule has 0 aliphatic carbocycles. The van der Waals surface area contributed by atoms with Crippen LogP contribution in [0.15, 0.2) is 18.2 Å². The topological polar surface area (TPSA) is 59.6 Å². The third-order valence-corrected chi connectivity index (χ3v) is 3.33. The minimum atomic E-state index is -2.95. The van der Waals surface area contributed by atoms with Gasteiger partial charge in [0, 0.05) is 12.6 Å². The number of piperidine rings is 1. The van der Waals surface area contributed by atoms with E-state index in [4.69, 9.17) is 4.74 Å². The number of halogens is 2. The van der Waals surface area contributed by atoms with Crippen molar-refractivity contribution in [1.29, 1.82) is 0 Å². The van der Waals surface area contributed by atoms with Crippen LogP contribution in [0.1, 0.15) is 12.8 Å². The molecule has 1 aliphatic rings. The third kappa shape index (κ3) is 4.29. The predicted octanol–water partition coefficient (Wildman–Crippen LogP) is 2.23. The first-order chi connectivity index (χ1) is 10.1. The highest BCUT2D eigenvalue weighted by Gasteiger charge is 2.22. The number of anilines is 1. The molecular formula is C14H18F2N2O3. The van der Waals surface area contributed by atoms with Crippen LogP contribution < -0.4 is 20.1 Å². The Hall–Kier alpha value is -1.89. The van der Waals surface area contributed by atoms with Gasteiger partial charge >= 0.3 is 6.61 Å². The monoisotopic (exact) mass is 300 g/mol. The molecular weight excluding hydrogens is 282 g/mol. The van der Waals surface area contributed by atoms with E-state index in [1.165, 1.54) is 25.3 Å². The molecule has 1 unspecified atom stereocenters. The van der Waals surface area contributed by atoms with Gasteiger partial charge in [-0.3, -0.25) is 4.79 Å². The number of ether oxygens (including phenoxy) is 2. The number of methoxy groups -OCH3 is 1. The molecule has 0 saturated carbocycles. The van der Waals surface area contributed by atoms with Crippen molar-refractivity contribution in [3.8, 4) is 11.5 Å². The molecule has 7 heteroatoms. The molecule has 2 rings (SSSR count). The van der Waals surface area contributed by atoms with Crippen molar-refractivity contribution in [2.45, 2.75) is 19.5 Å². The second-order valence-electron chi connectivity index (χ2n) is 4.77. The van der Waals surface area contributed by atoms with Crippen molar-refractivity contribution in [2.75, 3.05) is 25.5 Å². The van der Waals surface area contributed by atoms with Gasteiger partial charge in [0.25, 0.3) is 0 Å². The number of rotatable bonds is 5. The molecule has 1 aliphatic heterocycles. The summed E-state index contributed by atoms with van der Waals surface area (Å²) in [4.78, 5) is 12.2. The van der Waals surface area contributed by atoms with Crippen molar-refractivity contribution in [3.05, 3.63) is 18.2 Å². The summed E-state index contributed by atoms with van der Waals surface area (Å²) >= 11 is 0. The Kier molecular flexibility index (Phi) is 5.32. The van der Waals surface area contributed by atoms with Crippen LogP contribution in [0.2, 0.25) is 0 Å². The molecule has 2 N–H and O–H groups in total. The molecule has 0 radical (unpaired) electrons. The largest absolute Gasteiger partial charge is 0.497 e. The third-order valence-electron chi connectivity index (χ3n) is 3.33. The maximum Gasteiger partial charge on any atom is 0.387 e. The minimum Gasteiger partial charge on any atom is -0.497 e. The van der Waals surface area contributed by atoms with E-state index in [0.717, 1.165) is 19.4 Å². The van der Waals surface area contributed by atoms with Crippen LogP contribution in [0.25, 0.3) is 0 Å². The van der Waals surface area contributed by atoms with E-state index in [1.807, 2.05) is 0 Å². The van der Waals surface area contributed by atoms with Crippen LogP contribution in [-0.2, 0) is 4.79 Å². The Balaban J connectivity index is 2.13. The van der Waals surface area contributed by atoms with Crippen LogP contribution in [0.4, 0.5) is 14.5 Å². The summed E-state index contributed by atoms with van der Waals surface area (Å²) in [5.41, 5.74) is 0.185. The van der Waals surface area contributed by atoms with Crippen molar-refractivity contribution in [2.24, 2.45) is 5.92 Å². The van der Waals surface area contributed by atoms with E-state index in [9.17, 15) is 13.6 Å². The molecule has 0 spiro atoms. The van der Waals surface area contributed by atoms with Gasteiger partial charge in [0.2, 0.25) is 5.91 Å². The maximum absolute atomic E-state index is 12.4. The highest BCUT2D eigenvalue weighted by atomic mass is 19.3. The van der Waals surface area contributed by atoms with Gasteiger partial charge in [-0.05, 0) is 31.5 Å². The summed E-state index contributed by atoms with van der Waals surface area (Å²) in [5, 5.41) is 5.78. The molecule has 0 bridgehead atoms. The zero-order valence-electron chi connectivity index (χ0n) is 11.7. The van der Waals surface area contributed by atoms with Gasteiger partial charge in [-0.25, -0.2) is 0 Å². The predicted molar refractivity (Wildman–Crippen MR) is 73.8 cm³/mol. The van der Waals surface area contributed by atoms with Crippen LogP contribution >= 0.6 is 0 Å². The van der Waals surface area contributed by atoms with Crippen LogP contribution in [0, 0.1) is 5.92 Å². The fourth-order valence-corrected chi connectivity index (χ4v) is 2.24. The molecule has 1 heterocycles. The Morgan fingerprint density at radius 1 is 1.48 bits per heavy atom. The Labute approximate surface area is 121 Å². The minimum absolute atomic E-state index is 0.0806. The van der Waals surface area contributed by atoms with Gasteiger partial charge in [-0.15, -0.1) is 0 Å². The zero-order valence-corrected chi connectivity index (χ0v) is 11.7. The highest BCUT2D eigenvalue weighted by Crippen LogP contribution is 2.31. The number of alkyl halides is 2. The van der Waals surface area contributed by atoms with Gasteiger partial charge in [0.15, 0.2) is 0 Å². The van der Waals surface area contributed by atoms with Crippen LogP contribution in [0.3, 0.4) is 0 Å². The van der Waals surface area contributed by atoms with Crippen molar-refractivity contribution >= 4 is 11.6 Å². The van der Waals surface area contributed by atoms with Gasteiger partial charge in [0.1, 0.15) is 11.5 Å². The lowest BCUT2D eigenvalue weighted by atomic mass is 9.99. The summed E-state index contributed by atoms with van der Waals surface area (Å²) in [5.74, 6) is -0.0180. The van der Waals surface area contributed by atoms with Gasteiger partial charge in [-0.1, -0.05) is 0 Å². The number of hydrogen-bond donors (Lipinski definition) is 2. The first kappa shape index (κ1) is 15.5. The fourth-order valence-electron chi connectivity index (χ4n) is 2.24. The molecule has 1 fully saturated rings. The first-order valence-corrected chi connectivity index (χ1v) is 6.74. The fraction of sp³-hybridized carbons (Fsp3) is 0.500. The summed E-state index contributed by atoms with van der Waals surface area (Å²) in [6.45, 7) is -1.48. The molecule has 1 atom stereocenters. The lowest BCUT2D eigenvalue weighted by molar-refractivity contribution is -0.120. The van der Waals surface area contributed by atoms with E-state index in [0.29, 0.717) is 12.3 Å². The van der Waals surface area contributed by atoms with Crippen LogP contribution in [-0.4, -0.2) is 32.7 Å². The van der Waals surface area contributed by atoms with Crippen LogP contribution in [0.5, 0.6) is 11.5 Å². The van der Waals surface area contributed by atoms with Gasteiger partial charge < -0.3 is 20.1 Å². The first-order valence-electron chi connectivity index (χ1n) is 6.74. The van der Waals surface area contributed by atoms with Gasteiger partial charge in [0.05, 0.1) is 18.7 Å². The summed E-state index contributed by atoms with van der Waals surface area (Å²) in [6.07, 6.45) is 1.68. The maximum atomic E-state index is 12.4. The molecule has 1 saturated heterocycles. The highest BCUT2D eigenvalue weighted by molar-refractivity contribution is 5.94. The molecule has 116 valence electrons. The Bertz CT molecular complexity index is 491. The normalized spacial score (nSPS) is 18.4. The van der Waals surface area contributed by atoms with Crippen molar-refractivity contribution in [1.82, 2.24) is 5.32 Å². The van der Waals surface area contributed by atoms with Gasteiger partial charge in [-0.2, -0.15) is 8.78 Å². The van der Waals surface area contributed by atoms with E-state index < -0.39 is 6.61 Å². The van der Waals surface area contributed by atoms with E-state index in [2.05, 4.69) is 15.4 Å². The van der Waals surface area contributed by atoms with Crippen molar-refractivity contribution in [3.63, 3.8) is 0 Å². The molecule has 21 heavy (non-hydrogen) atoms. The smallest absolute Gasteiger partial charge is 0.387 e. The number of carbonyl (C=O) groups is 1. The molecule has 5 nitrogen and oxygen atoms in total. The van der Waals surface area contributed by atoms with E-state index in [1.54, 1.807) is 0 Å². The quantitative estimate of drug-likeness (QED) is 0.875. The summed E-state index contributed by atoms with van der Waals surface area (Å²) < 4.78 is 34.2. The lowest BCUT2D eigenvalue weighted by Crippen LogP contribution is -2.37. The number of nitrogens with one attached hydrogen (secondary N) is 2. The lowest BCUT2D eigenvalue weighted by Gasteiger charge is -2.22. The summed E-state index contributed by atoms with van der Waals surface area (Å²) in [7, 11) is 1.46. The zero-order chi connectivity index (χ0) is 15.2. The summed E-state index contributed by atoms with van der Waals surface area (Å²) in [6, 6.07) is 4.31. The number of hydrogen-bond acceptors (Lipinski definition) is 4. The SMILES string of the molecule is COc1ccc(OC(F)F)c(NC(=O)C2CCCNC2)c1. The number of carbonyl (C=O) groups excluding carboxylic acids is 1. The average Bonchev–Trinajstić information content (AvgIpc) is 2.49. The van der Waals surface area contributed by atoms with E-state index >= 15 is 0 Å². The Morgan fingerprint density at radius 2 is 2.29 bits per heavy atom. The second kappa shape index (κ2) is 7.21. The second-order valence-corrected chi connectivity index (χ2v) is 4.77. The Morgan fingerprint density at radius 3 is 2.90 bits per heavy atom. The molecule has 1 aromatic carbocycles. The standard InChI is InChI=1S/C14H18F2N2O3/c1-20-10-4-5-12(21-14(15)16)11(7-10)18-13(19)9-3-2-6-17-8-9/h4-5,7,9,14,17H,2-3,6,8H2,1H3,(H,18,19). The molecule has 1 amide bonds.